The standard InChI is InChI=1S/C9H9BrFN/c1-5(2)9-7(10)3-6(12)4-8(9)11/h3-4H,1,12H2,2H3. The Labute approximate surface area is 79.2 Å². The lowest BCUT2D eigenvalue weighted by molar-refractivity contribution is 0.623. The predicted octanol–water partition coefficient (Wildman–Crippen LogP) is 3.20. The van der Waals surface area contributed by atoms with Crippen molar-refractivity contribution in [2.45, 2.75) is 6.92 Å². The van der Waals surface area contributed by atoms with Gasteiger partial charge in [-0.3, -0.25) is 0 Å². The maximum Gasteiger partial charge on any atom is 0.133 e. The molecular formula is C9H9BrFN. The van der Waals surface area contributed by atoms with Crippen LogP contribution in [0.15, 0.2) is 23.2 Å². The Morgan fingerprint density at radius 2 is 2.17 bits per heavy atom. The average molecular weight is 230 g/mol. The normalized spacial score (nSPS) is 9.92. The van der Waals surface area contributed by atoms with Gasteiger partial charge in [0.25, 0.3) is 0 Å². The molecular weight excluding hydrogens is 221 g/mol. The van der Waals surface area contributed by atoms with Gasteiger partial charge in [-0.2, -0.15) is 0 Å². The van der Waals surface area contributed by atoms with Crippen LogP contribution in [0.25, 0.3) is 5.57 Å². The maximum absolute atomic E-state index is 13.2. The summed E-state index contributed by atoms with van der Waals surface area (Å²) in [6.07, 6.45) is 0. The van der Waals surface area contributed by atoms with E-state index >= 15 is 0 Å². The number of hydrogen-bond donors (Lipinski definition) is 1. The van der Waals surface area contributed by atoms with Gasteiger partial charge in [-0.25, -0.2) is 4.39 Å². The quantitative estimate of drug-likeness (QED) is 0.736. The van der Waals surface area contributed by atoms with Crippen molar-refractivity contribution in [3.05, 3.63) is 34.6 Å². The van der Waals surface area contributed by atoms with Gasteiger partial charge < -0.3 is 5.73 Å². The van der Waals surface area contributed by atoms with Crippen LogP contribution in [0.3, 0.4) is 0 Å². The molecule has 0 heterocycles. The molecule has 0 aliphatic rings. The first-order valence-electron chi connectivity index (χ1n) is 3.42. The van der Waals surface area contributed by atoms with E-state index in [1.807, 2.05) is 0 Å². The topological polar surface area (TPSA) is 26.0 Å². The van der Waals surface area contributed by atoms with E-state index in [1.54, 1.807) is 13.0 Å². The predicted molar refractivity (Wildman–Crippen MR) is 53.2 cm³/mol. The van der Waals surface area contributed by atoms with Crippen molar-refractivity contribution in [1.82, 2.24) is 0 Å². The highest BCUT2D eigenvalue weighted by Gasteiger charge is 2.07. The van der Waals surface area contributed by atoms with E-state index in [-0.39, 0.29) is 5.82 Å². The molecule has 0 atom stereocenters. The fraction of sp³-hybridized carbons (Fsp3) is 0.111. The smallest absolute Gasteiger partial charge is 0.133 e. The van der Waals surface area contributed by atoms with Crippen LogP contribution in [-0.4, -0.2) is 0 Å². The Balaban J connectivity index is 3.38. The largest absolute Gasteiger partial charge is 0.399 e. The van der Waals surface area contributed by atoms with Crippen LogP contribution < -0.4 is 5.73 Å². The monoisotopic (exact) mass is 229 g/mol. The fourth-order valence-corrected chi connectivity index (χ4v) is 1.79. The van der Waals surface area contributed by atoms with Gasteiger partial charge in [-0.05, 0) is 40.6 Å². The van der Waals surface area contributed by atoms with Crippen LogP contribution in [0.5, 0.6) is 0 Å². The van der Waals surface area contributed by atoms with Crippen molar-refractivity contribution in [2.24, 2.45) is 0 Å². The molecule has 0 amide bonds. The second kappa shape index (κ2) is 3.27. The van der Waals surface area contributed by atoms with E-state index in [9.17, 15) is 4.39 Å². The molecule has 1 aromatic carbocycles. The Kier molecular flexibility index (Phi) is 2.52. The summed E-state index contributed by atoms with van der Waals surface area (Å²) in [5.41, 5.74) is 7.01. The summed E-state index contributed by atoms with van der Waals surface area (Å²) in [6, 6.07) is 2.95. The molecule has 0 saturated heterocycles. The number of rotatable bonds is 1. The molecule has 0 spiro atoms. The van der Waals surface area contributed by atoms with Crippen LogP contribution in [0, 0.1) is 5.82 Å². The van der Waals surface area contributed by atoms with Crippen LogP contribution in [-0.2, 0) is 0 Å². The lowest BCUT2D eigenvalue weighted by atomic mass is 10.1. The zero-order chi connectivity index (χ0) is 9.30. The minimum Gasteiger partial charge on any atom is -0.399 e. The summed E-state index contributed by atoms with van der Waals surface area (Å²) in [5.74, 6) is -0.339. The molecule has 0 aliphatic heterocycles. The second-order valence-corrected chi connectivity index (χ2v) is 3.49. The zero-order valence-electron chi connectivity index (χ0n) is 6.70. The fourth-order valence-electron chi connectivity index (χ4n) is 1.00. The molecule has 1 rings (SSSR count). The Hall–Kier alpha value is -0.830. The van der Waals surface area contributed by atoms with E-state index < -0.39 is 0 Å². The van der Waals surface area contributed by atoms with Gasteiger partial charge >= 0.3 is 0 Å². The van der Waals surface area contributed by atoms with Crippen molar-refractivity contribution >= 4 is 27.2 Å². The van der Waals surface area contributed by atoms with Crippen molar-refractivity contribution in [1.29, 1.82) is 0 Å². The third-order valence-corrected chi connectivity index (χ3v) is 2.12. The molecule has 0 unspecified atom stereocenters. The third kappa shape index (κ3) is 1.67. The van der Waals surface area contributed by atoms with E-state index in [4.69, 9.17) is 5.73 Å². The molecule has 0 aromatic heterocycles. The Morgan fingerprint density at radius 3 is 2.58 bits per heavy atom. The number of benzene rings is 1. The van der Waals surface area contributed by atoms with Gasteiger partial charge in [0.2, 0.25) is 0 Å². The number of nitrogens with two attached hydrogens (primary N) is 1. The van der Waals surface area contributed by atoms with Gasteiger partial charge in [-0.1, -0.05) is 6.58 Å². The van der Waals surface area contributed by atoms with Crippen molar-refractivity contribution in [3.63, 3.8) is 0 Å². The molecule has 3 heteroatoms. The molecule has 0 radical (unpaired) electrons. The number of anilines is 1. The van der Waals surface area contributed by atoms with Crippen LogP contribution in [0.1, 0.15) is 12.5 Å². The first-order valence-corrected chi connectivity index (χ1v) is 4.22. The second-order valence-electron chi connectivity index (χ2n) is 2.64. The highest BCUT2D eigenvalue weighted by atomic mass is 79.9. The van der Waals surface area contributed by atoms with Crippen LogP contribution >= 0.6 is 15.9 Å². The molecule has 0 bridgehead atoms. The molecule has 0 saturated carbocycles. The lowest BCUT2D eigenvalue weighted by Gasteiger charge is -2.05. The highest BCUT2D eigenvalue weighted by Crippen LogP contribution is 2.28. The lowest BCUT2D eigenvalue weighted by Crippen LogP contribution is -1.92. The van der Waals surface area contributed by atoms with E-state index in [0.29, 0.717) is 21.3 Å². The van der Waals surface area contributed by atoms with Gasteiger partial charge in [0.15, 0.2) is 0 Å². The molecule has 2 N–H and O–H groups in total. The zero-order valence-corrected chi connectivity index (χ0v) is 8.28. The van der Waals surface area contributed by atoms with Gasteiger partial charge in [0.05, 0.1) is 0 Å². The summed E-state index contributed by atoms with van der Waals surface area (Å²) in [5, 5.41) is 0. The van der Waals surface area contributed by atoms with E-state index in [1.165, 1.54) is 6.07 Å². The molecule has 1 nitrogen and oxygen atoms in total. The highest BCUT2D eigenvalue weighted by molar-refractivity contribution is 9.10. The minimum atomic E-state index is -0.339. The van der Waals surface area contributed by atoms with Crippen LogP contribution in [0.4, 0.5) is 10.1 Å². The van der Waals surface area contributed by atoms with Crippen molar-refractivity contribution in [2.75, 3.05) is 5.73 Å². The molecule has 0 fully saturated rings. The Bertz CT molecular complexity index is 310. The molecule has 1 aromatic rings. The number of allylic oxidation sites excluding steroid dienone is 1. The van der Waals surface area contributed by atoms with Crippen molar-refractivity contribution < 1.29 is 4.39 Å². The molecule has 64 valence electrons. The number of hydrogen-bond acceptors (Lipinski definition) is 1. The SMILES string of the molecule is C=C(C)c1c(F)cc(N)cc1Br. The first-order chi connectivity index (χ1) is 5.52. The van der Waals surface area contributed by atoms with Crippen LogP contribution in [0.2, 0.25) is 0 Å². The Morgan fingerprint density at radius 1 is 1.58 bits per heavy atom. The van der Waals surface area contributed by atoms with E-state index in [2.05, 4.69) is 22.5 Å². The maximum atomic E-state index is 13.2. The third-order valence-electron chi connectivity index (χ3n) is 1.49. The number of nitrogen functional groups attached to an aromatic ring is 1. The van der Waals surface area contributed by atoms with Gasteiger partial charge in [-0.15, -0.1) is 0 Å². The molecule has 0 aliphatic carbocycles. The minimum absolute atomic E-state index is 0.339. The van der Waals surface area contributed by atoms with E-state index in [0.717, 1.165) is 0 Å². The summed E-state index contributed by atoms with van der Waals surface area (Å²) in [6.45, 7) is 5.42. The molecule has 12 heavy (non-hydrogen) atoms. The summed E-state index contributed by atoms with van der Waals surface area (Å²) < 4.78 is 13.8. The van der Waals surface area contributed by atoms with Gasteiger partial charge in [0, 0.05) is 15.7 Å². The van der Waals surface area contributed by atoms with Gasteiger partial charge in [0.1, 0.15) is 5.82 Å². The number of halogens is 2. The first kappa shape index (κ1) is 9.26. The summed E-state index contributed by atoms with van der Waals surface area (Å²) in [7, 11) is 0. The van der Waals surface area contributed by atoms with Crippen molar-refractivity contribution in [3.8, 4) is 0 Å². The summed E-state index contributed by atoms with van der Waals surface area (Å²) >= 11 is 3.22. The summed E-state index contributed by atoms with van der Waals surface area (Å²) in [4.78, 5) is 0. The average Bonchev–Trinajstić information content (AvgIpc) is 1.82.